The fourth-order valence-corrected chi connectivity index (χ4v) is 8.43. The molecule has 6 nitrogen and oxygen atoms in total. The van der Waals surface area contributed by atoms with Crippen molar-refractivity contribution in [2.75, 3.05) is 20.1 Å². The van der Waals surface area contributed by atoms with E-state index in [0.717, 1.165) is 47.4 Å². The maximum absolute atomic E-state index is 13.5. The van der Waals surface area contributed by atoms with Gasteiger partial charge in [-0.15, -0.1) is 0 Å². The summed E-state index contributed by atoms with van der Waals surface area (Å²) in [5, 5.41) is 23.4. The number of phenolic OH excluding ortho intramolecular Hbond substituents is 1. The number of carbonyl (C=O) groups is 1. The van der Waals surface area contributed by atoms with E-state index in [1.54, 1.807) is 6.07 Å². The van der Waals surface area contributed by atoms with Gasteiger partial charge < -0.3 is 19.8 Å². The molecular formula is C29H33BrN2O4. The Hall–Kier alpha value is -2.09. The van der Waals surface area contributed by atoms with Crippen LogP contribution >= 0.6 is 15.9 Å². The summed E-state index contributed by atoms with van der Waals surface area (Å²) in [5.74, 6) is 1.47. The van der Waals surface area contributed by atoms with Crippen LogP contribution in [-0.4, -0.2) is 69.8 Å². The van der Waals surface area contributed by atoms with E-state index in [9.17, 15) is 15.0 Å². The number of amides is 1. The van der Waals surface area contributed by atoms with Gasteiger partial charge in [-0.05, 0) is 80.3 Å². The van der Waals surface area contributed by atoms with Crippen LogP contribution in [-0.2, 0) is 23.1 Å². The highest BCUT2D eigenvalue weighted by molar-refractivity contribution is 9.10. The van der Waals surface area contributed by atoms with Crippen LogP contribution in [0, 0.1) is 5.92 Å². The zero-order valence-electron chi connectivity index (χ0n) is 20.6. The standard InChI is InChI=1S/C29H33BrN2O4/c1-31(24(34)14-18-3-2-4-20(30)13-18)21-9-10-29(35)23-15-19-7-8-22(33)26-25(19)28(29,27(21)36-26)11-12-32(23)16-17-5-6-17/h2-4,7-8,13,17,21,23,27,33,35H,5-6,9-12,14-16H2,1H3/t21-,23+,27-,28-,29+/m0/s1. The maximum Gasteiger partial charge on any atom is 0.227 e. The fourth-order valence-electron chi connectivity index (χ4n) is 7.98. The Morgan fingerprint density at radius 3 is 2.83 bits per heavy atom. The predicted molar refractivity (Wildman–Crippen MR) is 139 cm³/mol. The first-order valence-electron chi connectivity index (χ1n) is 13.3. The van der Waals surface area contributed by atoms with Crippen LogP contribution in [0.15, 0.2) is 40.9 Å². The van der Waals surface area contributed by atoms with E-state index in [0.29, 0.717) is 25.0 Å². The number of phenols is 1. The SMILES string of the molecule is CN(C(=O)Cc1cccc(Br)c1)[C@H]1CC[C@@]2(O)[C@H]3Cc4ccc(O)c5c4[C@@]2(CCN3CC2CC2)[C@H]1O5. The van der Waals surface area contributed by atoms with Crippen LogP contribution in [0.5, 0.6) is 11.5 Å². The highest BCUT2D eigenvalue weighted by atomic mass is 79.9. The number of nitrogens with zero attached hydrogens (tertiary/aromatic N) is 2. The number of rotatable bonds is 5. The largest absolute Gasteiger partial charge is 0.504 e. The van der Waals surface area contributed by atoms with Crippen molar-refractivity contribution in [3.8, 4) is 11.5 Å². The predicted octanol–water partition coefficient (Wildman–Crippen LogP) is 3.79. The number of halogens is 1. The molecule has 7 heteroatoms. The lowest BCUT2D eigenvalue weighted by Gasteiger charge is -2.64. The lowest BCUT2D eigenvalue weighted by molar-refractivity contribution is -0.200. The molecule has 2 heterocycles. The number of aliphatic hydroxyl groups is 1. The van der Waals surface area contributed by atoms with E-state index >= 15 is 0 Å². The molecule has 2 aromatic carbocycles. The van der Waals surface area contributed by atoms with Gasteiger partial charge in [-0.2, -0.15) is 0 Å². The average Bonchev–Trinajstić information content (AvgIpc) is 3.59. The third-order valence-corrected chi connectivity index (χ3v) is 10.4. The highest BCUT2D eigenvalue weighted by Crippen LogP contribution is 2.66. The zero-order valence-corrected chi connectivity index (χ0v) is 22.2. The van der Waals surface area contributed by atoms with Gasteiger partial charge in [0.25, 0.3) is 0 Å². The second-order valence-electron chi connectivity index (χ2n) is 11.7. The Kier molecular flexibility index (Phi) is 5.09. The molecule has 5 atom stereocenters. The molecule has 1 spiro atoms. The minimum atomic E-state index is -0.929. The first kappa shape index (κ1) is 23.1. The molecule has 0 unspecified atom stereocenters. The molecule has 2 aromatic rings. The van der Waals surface area contributed by atoms with Gasteiger partial charge in [0, 0.05) is 29.7 Å². The van der Waals surface area contributed by atoms with Crippen molar-refractivity contribution >= 4 is 21.8 Å². The van der Waals surface area contributed by atoms with Crippen molar-refractivity contribution in [1.82, 2.24) is 9.80 Å². The van der Waals surface area contributed by atoms with Crippen molar-refractivity contribution in [1.29, 1.82) is 0 Å². The molecule has 36 heavy (non-hydrogen) atoms. The lowest BCUT2D eigenvalue weighted by Crippen LogP contribution is -2.78. The Morgan fingerprint density at radius 2 is 2.06 bits per heavy atom. The van der Waals surface area contributed by atoms with Crippen LogP contribution < -0.4 is 4.74 Å². The van der Waals surface area contributed by atoms with Crippen molar-refractivity contribution in [2.24, 2.45) is 5.92 Å². The first-order valence-corrected chi connectivity index (χ1v) is 14.1. The van der Waals surface area contributed by atoms with E-state index < -0.39 is 11.0 Å². The summed E-state index contributed by atoms with van der Waals surface area (Å²) in [5.41, 5.74) is 1.63. The fraction of sp³-hybridized carbons (Fsp3) is 0.552. The lowest BCUT2D eigenvalue weighted by atomic mass is 9.48. The number of hydrogen-bond donors (Lipinski definition) is 2. The van der Waals surface area contributed by atoms with E-state index in [4.69, 9.17) is 4.74 Å². The summed E-state index contributed by atoms with van der Waals surface area (Å²) in [6, 6.07) is 11.5. The van der Waals surface area contributed by atoms with Crippen molar-refractivity contribution in [2.45, 2.75) is 74.1 Å². The molecule has 3 aliphatic carbocycles. The van der Waals surface area contributed by atoms with E-state index in [2.05, 4.69) is 20.8 Å². The molecule has 3 fully saturated rings. The van der Waals surface area contributed by atoms with Crippen LogP contribution in [0.2, 0.25) is 0 Å². The first-order chi connectivity index (χ1) is 17.3. The third kappa shape index (κ3) is 3.12. The van der Waals surface area contributed by atoms with Gasteiger partial charge in [0.05, 0.1) is 23.5 Å². The Labute approximate surface area is 220 Å². The molecule has 5 aliphatic rings. The van der Waals surface area contributed by atoms with Crippen molar-refractivity contribution in [3.63, 3.8) is 0 Å². The number of likely N-dealkylation sites (N-methyl/N-ethyl adjacent to an activating group) is 1. The Morgan fingerprint density at radius 1 is 1.22 bits per heavy atom. The Balaban J connectivity index is 1.26. The van der Waals surface area contributed by atoms with Crippen LogP contribution in [0.25, 0.3) is 0 Å². The van der Waals surface area contributed by atoms with E-state index in [1.807, 2.05) is 42.3 Å². The number of ether oxygens (including phenoxy) is 1. The quantitative estimate of drug-likeness (QED) is 0.590. The topological polar surface area (TPSA) is 73.2 Å². The number of likely N-dealkylation sites (tertiary alicyclic amines) is 1. The molecule has 190 valence electrons. The molecule has 2 bridgehead atoms. The van der Waals surface area contributed by atoms with Gasteiger partial charge in [0.1, 0.15) is 6.10 Å². The molecule has 2 N–H and O–H groups in total. The van der Waals surface area contributed by atoms with Gasteiger partial charge in [-0.3, -0.25) is 9.69 Å². The maximum atomic E-state index is 13.5. The van der Waals surface area contributed by atoms with Crippen LogP contribution in [0.1, 0.15) is 48.8 Å². The van der Waals surface area contributed by atoms with E-state index in [1.165, 1.54) is 18.4 Å². The second-order valence-corrected chi connectivity index (χ2v) is 12.6. The molecule has 0 aromatic heterocycles. The normalized spacial score (nSPS) is 34.1. The number of benzene rings is 2. The molecule has 2 saturated carbocycles. The third-order valence-electron chi connectivity index (χ3n) is 9.87. The summed E-state index contributed by atoms with van der Waals surface area (Å²) in [4.78, 5) is 17.9. The molecular weight excluding hydrogens is 520 g/mol. The number of aromatic hydroxyl groups is 1. The second kappa shape index (κ2) is 7.95. The molecule has 1 amide bonds. The Bertz CT molecular complexity index is 1250. The summed E-state index contributed by atoms with van der Waals surface area (Å²) < 4.78 is 7.59. The van der Waals surface area contributed by atoms with Gasteiger partial charge in [0.2, 0.25) is 5.91 Å². The number of hydrogen-bond acceptors (Lipinski definition) is 5. The number of carbonyl (C=O) groups excluding carboxylic acids is 1. The van der Waals surface area contributed by atoms with Gasteiger partial charge in [-0.1, -0.05) is 34.1 Å². The smallest absolute Gasteiger partial charge is 0.227 e. The molecule has 2 aliphatic heterocycles. The molecule has 1 saturated heterocycles. The van der Waals surface area contributed by atoms with Gasteiger partial charge >= 0.3 is 0 Å². The minimum absolute atomic E-state index is 0.0440. The number of piperidine rings is 1. The molecule has 0 radical (unpaired) electrons. The van der Waals surface area contributed by atoms with Gasteiger partial charge in [-0.25, -0.2) is 0 Å². The van der Waals surface area contributed by atoms with Crippen LogP contribution in [0.4, 0.5) is 0 Å². The average molecular weight is 553 g/mol. The summed E-state index contributed by atoms with van der Waals surface area (Å²) in [6.45, 7) is 1.98. The summed E-state index contributed by atoms with van der Waals surface area (Å²) in [6.07, 6.45) is 5.41. The molecule has 7 rings (SSSR count). The van der Waals surface area contributed by atoms with E-state index in [-0.39, 0.29) is 29.8 Å². The summed E-state index contributed by atoms with van der Waals surface area (Å²) in [7, 11) is 1.88. The zero-order chi connectivity index (χ0) is 24.8. The van der Waals surface area contributed by atoms with Crippen molar-refractivity contribution < 1.29 is 19.7 Å². The summed E-state index contributed by atoms with van der Waals surface area (Å²) >= 11 is 3.50. The minimum Gasteiger partial charge on any atom is -0.504 e. The monoisotopic (exact) mass is 552 g/mol. The van der Waals surface area contributed by atoms with Crippen molar-refractivity contribution in [3.05, 3.63) is 57.6 Å². The highest BCUT2D eigenvalue weighted by Gasteiger charge is 2.73. The van der Waals surface area contributed by atoms with Crippen LogP contribution in [0.3, 0.4) is 0 Å². The van der Waals surface area contributed by atoms with Gasteiger partial charge in [0.15, 0.2) is 11.5 Å².